The number of nitrogens with two attached hydrogens (primary N) is 1. The van der Waals surface area contributed by atoms with Crippen LogP contribution in [0.5, 0.6) is 0 Å². The van der Waals surface area contributed by atoms with E-state index in [9.17, 15) is 13.2 Å². The molecule has 0 heterocycles. The van der Waals surface area contributed by atoms with Crippen LogP contribution in [0, 0.1) is 6.92 Å². The van der Waals surface area contributed by atoms with Gasteiger partial charge in [0.1, 0.15) is 0 Å². The minimum Gasteiger partial charge on any atom is -0.397 e. The predicted octanol–water partition coefficient (Wildman–Crippen LogP) is 4.75. The number of halogens is 3. The van der Waals surface area contributed by atoms with Gasteiger partial charge in [-0.1, -0.05) is 18.2 Å². The van der Waals surface area contributed by atoms with Crippen LogP contribution in [0.3, 0.4) is 0 Å². The Morgan fingerprint density at radius 3 is 2.24 bits per heavy atom. The molecule has 2 N–H and O–H groups in total. The molecule has 0 amide bonds. The van der Waals surface area contributed by atoms with E-state index >= 15 is 0 Å². The summed E-state index contributed by atoms with van der Waals surface area (Å²) in [5.41, 5.74) is 7.79. The summed E-state index contributed by atoms with van der Waals surface area (Å²) in [4.78, 5) is 1.91. The monoisotopic (exact) mass is 294 g/mol. The van der Waals surface area contributed by atoms with Gasteiger partial charge in [0.05, 0.1) is 16.9 Å². The van der Waals surface area contributed by atoms with Crippen molar-refractivity contribution in [2.24, 2.45) is 0 Å². The number of para-hydroxylation sites is 1. The van der Waals surface area contributed by atoms with Crippen LogP contribution < -0.4 is 10.6 Å². The minimum absolute atomic E-state index is 0.120. The van der Waals surface area contributed by atoms with Gasteiger partial charge < -0.3 is 10.6 Å². The summed E-state index contributed by atoms with van der Waals surface area (Å²) >= 11 is 0. The molecule has 2 aromatic carbocycles. The van der Waals surface area contributed by atoms with Crippen molar-refractivity contribution < 1.29 is 13.2 Å². The van der Waals surface area contributed by atoms with E-state index in [-0.39, 0.29) is 5.69 Å². The second kappa shape index (κ2) is 5.68. The zero-order chi connectivity index (χ0) is 15.6. The van der Waals surface area contributed by atoms with Crippen molar-refractivity contribution in [2.75, 3.05) is 17.2 Å². The Hall–Kier alpha value is -2.17. The molecule has 0 aliphatic heterocycles. The summed E-state index contributed by atoms with van der Waals surface area (Å²) in [7, 11) is 0. The number of hydrogen-bond donors (Lipinski definition) is 1. The SMILES string of the molecule is CCN(c1ccccc1C)c1ccc(C(F)(F)F)cc1N. The first-order valence-electron chi connectivity index (χ1n) is 6.64. The van der Waals surface area contributed by atoms with Crippen LogP contribution in [-0.2, 0) is 6.18 Å². The Morgan fingerprint density at radius 1 is 1.05 bits per heavy atom. The molecule has 5 heteroatoms. The van der Waals surface area contributed by atoms with E-state index in [1.807, 2.05) is 43.0 Å². The molecule has 0 aromatic heterocycles. The molecule has 0 aliphatic carbocycles. The molecule has 0 fully saturated rings. The first kappa shape index (κ1) is 15.2. The van der Waals surface area contributed by atoms with Gasteiger partial charge in [-0.2, -0.15) is 13.2 Å². The highest BCUT2D eigenvalue weighted by atomic mass is 19.4. The molecule has 0 saturated heterocycles. The standard InChI is InChI=1S/C16H17F3N2/c1-3-21(14-7-5-4-6-11(14)2)15-9-8-12(10-13(15)20)16(17,18)19/h4-10H,3,20H2,1-2H3. The summed E-state index contributed by atoms with van der Waals surface area (Å²) in [6.45, 7) is 4.50. The molecular formula is C16H17F3N2. The zero-order valence-electron chi connectivity index (χ0n) is 11.9. The van der Waals surface area contributed by atoms with Gasteiger partial charge >= 0.3 is 6.18 Å². The lowest BCUT2D eigenvalue weighted by Gasteiger charge is -2.27. The van der Waals surface area contributed by atoms with Gasteiger partial charge in [0.15, 0.2) is 0 Å². The van der Waals surface area contributed by atoms with Crippen molar-refractivity contribution in [1.82, 2.24) is 0 Å². The van der Waals surface area contributed by atoms with Crippen LogP contribution in [0.4, 0.5) is 30.2 Å². The predicted molar refractivity (Wildman–Crippen MR) is 79.7 cm³/mol. The second-order valence-corrected chi connectivity index (χ2v) is 4.80. The zero-order valence-corrected chi connectivity index (χ0v) is 11.9. The number of nitrogens with zero attached hydrogens (tertiary/aromatic N) is 1. The summed E-state index contributed by atoms with van der Waals surface area (Å²) in [6.07, 6.45) is -4.38. The average molecular weight is 294 g/mol. The molecule has 0 atom stereocenters. The Labute approximate surface area is 122 Å². The Kier molecular flexibility index (Phi) is 4.11. The number of nitrogen functional groups attached to an aromatic ring is 1. The molecule has 0 unspecified atom stereocenters. The van der Waals surface area contributed by atoms with E-state index in [0.29, 0.717) is 12.2 Å². The van der Waals surface area contributed by atoms with Crippen LogP contribution in [0.1, 0.15) is 18.1 Å². The molecule has 0 bridgehead atoms. The Bertz CT molecular complexity index is 636. The first-order valence-corrected chi connectivity index (χ1v) is 6.64. The van der Waals surface area contributed by atoms with Gasteiger partial charge in [-0.15, -0.1) is 0 Å². The molecule has 2 rings (SSSR count). The number of anilines is 3. The highest BCUT2D eigenvalue weighted by Gasteiger charge is 2.31. The highest BCUT2D eigenvalue weighted by Crippen LogP contribution is 2.37. The van der Waals surface area contributed by atoms with Crippen molar-refractivity contribution in [3.05, 3.63) is 53.6 Å². The third-order valence-electron chi connectivity index (χ3n) is 3.37. The smallest absolute Gasteiger partial charge is 0.397 e. The van der Waals surface area contributed by atoms with Gasteiger partial charge in [-0.3, -0.25) is 0 Å². The largest absolute Gasteiger partial charge is 0.416 e. The lowest BCUT2D eigenvalue weighted by molar-refractivity contribution is -0.137. The van der Waals surface area contributed by atoms with Crippen molar-refractivity contribution >= 4 is 17.1 Å². The van der Waals surface area contributed by atoms with E-state index in [0.717, 1.165) is 23.4 Å². The fourth-order valence-corrected chi connectivity index (χ4v) is 2.31. The summed E-state index contributed by atoms with van der Waals surface area (Å²) in [6, 6.07) is 11.2. The quantitative estimate of drug-likeness (QED) is 0.827. The van der Waals surface area contributed by atoms with Crippen LogP contribution in [0.25, 0.3) is 0 Å². The Morgan fingerprint density at radius 2 is 1.71 bits per heavy atom. The molecule has 0 spiro atoms. The lowest BCUT2D eigenvalue weighted by atomic mass is 10.1. The van der Waals surface area contributed by atoms with Crippen molar-refractivity contribution in [1.29, 1.82) is 0 Å². The first-order chi connectivity index (χ1) is 9.84. The van der Waals surface area contributed by atoms with Crippen LogP contribution in [0.15, 0.2) is 42.5 Å². The maximum absolute atomic E-state index is 12.7. The summed E-state index contributed by atoms with van der Waals surface area (Å²) in [5.74, 6) is 0. The average Bonchev–Trinajstić information content (AvgIpc) is 2.42. The third kappa shape index (κ3) is 3.12. The summed E-state index contributed by atoms with van der Waals surface area (Å²) < 4.78 is 38.1. The molecule has 2 aromatic rings. The van der Waals surface area contributed by atoms with Gasteiger partial charge in [-0.25, -0.2) is 0 Å². The lowest BCUT2D eigenvalue weighted by Crippen LogP contribution is -2.19. The number of alkyl halides is 3. The van der Waals surface area contributed by atoms with E-state index < -0.39 is 11.7 Å². The van der Waals surface area contributed by atoms with Crippen molar-refractivity contribution in [3.8, 4) is 0 Å². The molecule has 0 saturated carbocycles. The topological polar surface area (TPSA) is 29.3 Å². The maximum Gasteiger partial charge on any atom is 0.416 e. The van der Waals surface area contributed by atoms with Gasteiger partial charge in [-0.05, 0) is 43.7 Å². The van der Waals surface area contributed by atoms with Gasteiger partial charge in [0.25, 0.3) is 0 Å². The minimum atomic E-state index is -4.38. The van der Waals surface area contributed by atoms with E-state index in [1.54, 1.807) is 0 Å². The number of rotatable bonds is 3. The van der Waals surface area contributed by atoms with Gasteiger partial charge in [0.2, 0.25) is 0 Å². The van der Waals surface area contributed by atoms with Gasteiger partial charge in [0, 0.05) is 12.2 Å². The number of benzene rings is 2. The molecule has 112 valence electrons. The molecule has 0 aliphatic rings. The molecule has 21 heavy (non-hydrogen) atoms. The fourth-order valence-electron chi connectivity index (χ4n) is 2.31. The normalized spacial score (nSPS) is 11.5. The third-order valence-corrected chi connectivity index (χ3v) is 3.37. The Balaban J connectivity index is 2.47. The van der Waals surface area contributed by atoms with Crippen molar-refractivity contribution in [3.63, 3.8) is 0 Å². The molecule has 0 radical (unpaired) electrons. The van der Waals surface area contributed by atoms with Crippen LogP contribution in [-0.4, -0.2) is 6.54 Å². The van der Waals surface area contributed by atoms with E-state index in [1.165, 1.54) is 6.07 Å². The summed E-state index contributed by atoms with van der Waals surface area (Å²) in [5, 5.41) is 0. The highest BCUT2D eigenvalue weighted by molar-refractivity contribution is 5.76. The second-order valence-electron chi connectivity index (χ2n) is 4.80. The fraction of sp³-hybridized carbons (Fsp3) is 0.250. The maximum atomic E-state index is 12.7. The van der Waals surface area contributed by atoms with Crippen molar-refractivity contribution in [2.45, 2.75) is 20.0 Å². The molecular weight excluding hydrogens is 277 g/mol. The number of aryl methyl sites for hydroxylation is 1. The number of hydrogen-bond acceptors (Lipinski definition) is 2. The molecule has 2 nitrogen and oxygen atoms in total. The van der Waals surface area contributed by atoms with Crippen LogP contribution >= 0.6 is 0 Å². The van der Waals surface area contributed by atoms with E-state index in [2.05, 4.69) is 0 Å². The van der Waals surface area contributed by atoms with Crippen LogP contribution in [0.2, 0.25) is 0 Å². The van der Waals surface area contributed by atoms with E-state index in [4.69, 9.17) is 5.73 Å².